The Labute approximate surface area is 90.9 Å². The second-order valence-electron chi connectivity index (χ2n) is 3.16. The van der Waals surface area contributed by atoms with Crippen molar-refractivity contribution < 1.29 is 28.8 Å². The van der Waals surface area contributed by atoms with Crippen molar-refractivity contribution >= 4 is 5.78 Å². The van der Waals surface area contributed by atoms with Crippen LogP contribution >= 0.6 is 0 Å². The number of hydrogen-bond acceptors (Lipinski definition) is 2. The average Bonchev–Trinajstić information content (AvgIpc) is 2.08. The molecule has 1 aliphatic rings. The normalized spacial score (nSPS) is 19.3. The first-order chi connectivity index (χ1) is 5.46. The number of Topliss-reactive ketones (excluding diaryl/α,β-unsaturated/α-hetero) is 1. The fourth-order valence-electron chi connectivity index (χ4n) is 1.24. The zero-order valence-corrected chi connectivity index (χ0v) is 8.82. The van der Waals surface area contributed by atoms with Gasteiger partial charge in [-0.3, -0.25) is 4.79 Å². The van der Waals surface area contributed by atoms with Crippen molar-refractivity contribution in [3.8, 4) is 0 Å². The summed E-state index contributed by atoms with van der Waals surface area (Å²) in [5.74, 6) is 0.00426. The topological polar surface area (TPSA) is 40.1 Å². The van der Waals surface area contributed by atoms with E-state index in [2.05, 4.69) is 0 Å². The molecule has 13 heavy (non-hydrogen) atoms. The van der Waals surface area contributed by atoms with Crippen LogP contribution in [-0.4, -0.2) is 5.78 Å². The first kappa shape index (κ1) is 12.7. The molecule has 1 aliphatic carbocycles. The molecule has 0 atom stereocenters. The summed E-state index contributed by atoms with van der Waals surface area (Å²) >= 11 is 0. The largest absolute Gasteiger partial charge is 1.00 e. The number of hydrogen-bond donors (Lipinski definition) is 0. The van der Waals surface area contributed by atoms with Gasteiger partial charge in [0, 0.05) is 0 Å². The van der Waals surface area contributed by atoms with E-state index in [-0.39, 0.29) is 30.7 Å². The molecular formula is C10H12LiO2. The molecule has 3 heteroatoms. The summed E-state index contributed by atoms with van der Waals surface area (Å²) < 4.78 is 0. The third kappa shape index (κ3) is 1.96. The van der Waals surface area contributed by atoms with Gasteiger partial charge in [0.2, 0.25) is 0 Å². The molecule has 0 aromatic carbocycles. The van der Waals surface area contributed by atoms with Gasteiger partial charge >= 0.3 is 18.9 Å². The van der Waals surface area contributed by atoms with Crippen molar-refractivity contribution in [2.45, 2.75) is 27.7 Å². The number of rotatable bonds is 0. The maximum Gasteiger partial charge on any atom is 1.00 e. The number of allylic oxidation sites excluding steroid dienone is 2. The molecule has 0 spiro atoms. The Balaban J connectivity index is 0.00000144. The predicted molar refractivity (Wildman–Crippen MR) is 45.0 cm³/mol. The van der Waals surface area contributed by atoms with E-state index in [1.54, 1.807) is 27.7 Å². The zero-order chi connectivity index (χ0) is 9.46. The van der Waals surface area contributed by atoms with Gasteiger partial charge in [-0.25, -0.2) is 0 Å². The fraction of sp³-hybridized carbons (Fsp3) is 0.400. The van der Waals surface area contributed by atoms with E-state index in [9.17, 15) is 9.90 Å². The molecule has 2 nitrogen and oxygen atoms in total. The molecule has 0 heterocycles. The van der Waals surface area contributed by atoms with Gasteiger partial charge in [0.25, 0.3) is 0 Å². The van der Waals surface area contributed by atoms with Crippen molar-refractivity contribution in [1.82, 2.24) is 0 Å². The summed E-state index contributed by atoms with van der Waals surface area (Å²) in [4.78, 5) is 11.4. The van der Waals surface area contributed by atoms with Crippen molar-refractivity contribution in [3.05, 3.63) is 28.4 Å². The first-order valence-corrected chi connectivity index (χ1v) is 3.91. The van der Waals surface area contributed by atoms with Gasteiger partial charge in [-0.15, -0.1) is 0 Å². The minimum absolute atomic E-state index is 0. The van der Waals surface area contributed by atoms with Crippen molar-refractivity contribution in [1.29, 1.82) is 0 Å². The van der Waals surface area contributed by atoms with Crippen molar-refractivity contribution in [3.63, 3.8) is 0 Å². The molecule has 0 N–H and O–H groups in total. The number of carbonyl (C=O) groups is 1. The van der Waals surface area contributed by atoms with Crippen LogP contribution < -0.4 is 24.0 Å². The van der Waals surface area contributed by atoms with E-state index in [0.29, 0.717) is 22.3 Å². The van der Waals surface area contributed by atoms with E-state index in [1.165, 1.54) is 0 Å². The van der Waals surface area contributed by atoms with Crippen molar-refractivity contribution in [2.75, 3.05) is 0 Å². The summed E-state index contributed by atoms with van der Waals surface area (Å²) in [6, 6.07) is 0. The fourth-order valence-corrected chi connectivity index (χ4v) is 1.24. The SMILES string of the molecule is CC1=C(C)C(=O)C(C)=C(C)[C]1[O-].[Li+]. The average molecular weight is 171 g/mol. The summed E-state index contributed by atoms with van der Waals surface area (Å²) in [7, 11) is 0. The molecule has 0 amide bonds. The molecule has 0 unspecified atom stereocenters. The van der Waals surface area contributed by atoms with Gasteiger partial charge in [0.15, 0.2) is 5.78 Å². The van der Waals surface area contributed by atoms with Crippen LogP contribution in [0.25, 0.3) is 0 Å². The van der Waals surface area contributed by atoms with Gasteiger partial charge in [-0.1, -0.05) is 17.3 Å². The second kappa shape index (κ2) is 4.28. The summed E-state index contributed by atoms with van der Waals surface area (Å²) in [5.41, 5.74) is 2.34. The quantitative estimate of drug-likeness (QED) is 0.401. The Kier molecular flexibility index (Phi) is 4.18. The summed E-state index contributed by atoms with van der Waals surface area (Å²) in [6.07, 6.45) is 0.00426. The van der Waals surface area contributed by atoms with Gasteiger partial charge < -0.3 is 5.11 Å². The molecule has 65 valence electrons. The minimum Gasteiger partial charge on any atom is -0.843 e. The Hall–Kier alpha value is -0.293. The van der Waals surface area contributed by atoms with Crippen LogP contribution in [0, 0.1) is 6.10 Å². The van der Waals surface area contributed by atoms with Gasteiger partial charge in [-0.2, -0.15) is 0 Å². The molecule has 0 fully saturated rings. The molecule has 0 saturated heterocycles. The number of carbonyl (C=O) groups excluding carboxylic acids is 1. The predicted octanol–water partition coefficient (Wildman–Crippen LogP) is -1.86. The Bertz CT molecular complexity index is 272. The van der Waals surface area contributed by atoms with Crippen LogP contribution in [0.15, 0.2) is 22.3 Å². The molecule has 1 radical (unpaired) electrons. The third-order valence-corrected chi connectivity index (χ3v) is 2.49. The molecule has 0 bridgehead atoms. The maximum absolute atomic E-state index is 11.4. The Morgan fingerprint density at radius 3 is 1.46 bits per heavy atom. The zero-order valence-electron chi connectivity index (χ0n) is 8.82. The molecule has 0 aromatic heterocycles. The second-order valence-corrected chi connectivity index (χ2v) is 3.16. The smallest absolute Gasteiger partial charge is 0.843 e. The Morgan fingerprint density at radius 2 is 1.15 bits per heavy atom. The van der Waals surface area contributed by atoms with Gasteiger partial charge in [-0.05, 0) is 38.8 Å². The van der Waals surface area contributed by atoms with E-state index >= 15 is 0 Å². The first-order valence-electron chi connectivity index (χ1n) is 3.91. The van der Waals surface area contributed by atoms with Crippen LogP contribution in [0.5, 0.6) is 0 Å². The van der Waals surface area contributed by atoms with E-state index in [4.69, 9.17) is 0 Å². The monoisotopic (exact) mass is 171 g/mol. The van der Waals surface area contributed by atoms with Crippen LogP contribution in [-0.2, 0) is 4.79 Å². The van der Waals surface area contributed by atoms with E-state index in [0.717, 1.165) is 0 Å². The minimum atomic E-state index is 0. The summed E-state index contributed by atoms with van der Waals surface area (Å²) in [6.45, 7) is 6.80. The van der Waals surface area contributed by atoms with Crippen LogP contribution in [0.2, 0.25) is 0 Å². The molecule has 0 aromatic rings. The third-order valence-electron chi connectivity index (χ3n) is 2.49. The molecule has 1 rings (SSSR count). The van der Waals surface area contributed by atoms with Gasteiger partial charge in [0.05, 0.1) is 0 Å². The van der Waals surface area contributed by atoms with Gasteiger partial charge in [0.1, 0.15) is 0 Å². The number of ketones is 1. The van der Waals surface area contributed by atoms with E-state index in [1.807, 2.05) is 0 Å². The maximum atomic E-state index is 11.4. The summed E-state index contributed by atoms with van der Waals surface area (Å²) in [5, 5.41) is 11.4. The molecule has 0 saturated carbocycles. The standard InChI is InChI=1S/C10H12O2.Li/c1-5-6(2)10(12)8(4)7(3)9(5)11;/h1-4H3;/q-1;+1. The van der Waals surface area contributed by atoms with E-state index < -0.39 is 0 Å². The van der Waals surface area contributed by atoms with Crippen LogP contribution in [0.4, 0.5) is 0 Å². The van der Waals surface area contributed by atoms with Crippen LogP contribution in [0.1, 0.15) is 27.7 Å². The molecule has 0 aliphatic heterocycles. The molecular weight excluding hydrogens is 159 g/mol. The van der Waals surface area contributed by atoms with Crippen molar-refractivity contribution in [2.24, 2.45) is 0 Å². The van der Waals surface area contributed by atoms with Crippen LogP contribution in [0.3, 0.4) is 0 Å². The Morgan fingerprint density at radius 1 is 0.846 bits per heavy atom.